The Hall–Kier alpha value is -0.812. The molecule has 0 fully saturated rings. The number of amides is 1. The summed E-state index contributed by atoms with van der Waals surface area (Å²) < 4.78 is 15.8. The van der Waals surface area contributed by atoms with Crippen LogP contribution >= 0.6 is 0 Å². The number of nitrogens with one attached hydrogen (secondary N) is 1. The van der Waals surface area contributed by atoms with Crippen molar-refractivity contribution < 1.29 is 17.7 Å². The number of carbonyl (C=O) groups is 1. The van der Waals surface area contributed by atoms with Crippen LogP contribution in [0.25, 0.3) is 0 Å². The van der Waals surface area contributed by atoms with E-state index < -0.39 is 27.8 Å². The third-order valence-electron chi connectivity index (χ3n) is 1.63. The summed E-state index contributed by atoms with van der Waals surface area (Å²) in [5, 5.41) is 12.0. The molecule has 0 spiro atoms. The Bertz CT molecular complexity index is 288. The normalized spacial score (nSPS) is 28.7. The number of hydrogen-bond donors (Lipinski definition) is 4. The summed E-state index contributed by atoms with van der Waals surface area (Å²) in [4.78, 5) is 10.7. The summed E-state index contributed by atoms with van der Waals surface area (Å²) >= 11 is -1.94. The third kappa shape index (κ3) is 5.59. The van der Waals surface area contributed by atoms with Gasteiger partial charge in [-0.15, -0.1) is 0 Å². The van der Waals surface area contributed by atoms with Crippen LogP contribution in [0.15, 0.2) is 24.3 Å². The van der Waals surface area contributed by atoms with Gasteiger partial charge in [0.1, 0.15) is 0 Å². The van der Waals surface area contributed by atoms with Crippen LogP contribution in [0, 0.1) is 0 Å². The minimum atomic E-state index is -1.94. The van der Waals surface area contributed by atoms with Gasteiger partial charge in [-0.05, 0) is 6.08 Å². The topological polar surface area (TPSA) is 113 Å². The number of nitrogens with two attached hydrogens (primary N) is 1. The van der Waals surface area contributed by atoms with Gasteiger partial charge >= 0.3 is 23.9 Å². The van der Waals surface area contributed by atoms with Crippen molar-refractivity contribution in [1.29, 1.82) is 0 Å². The fraction of sp³-hybridized carbons (Fsp3) is 0.375. The maximum absolute atomic E-state index is 10.7. The first-order valence-electron chi connectivity index (χ1n) is 4.16. The molecule has 0 bridgehead atoms. The molecular formula is C8H15AsN2O4. The van der Waals surface area contributed by atoms with Gasteiger partial charge in [0.15, 0.2) is 5.72 Å². The van der Waals surface area contributed by atoms with E-state index in [0.717, 1.165) is 0 Å². The van der Waals surface area contributed by atoms with Crippen LogP contribution in [0.2, 0.25) is 0 Å². The van der Waals surface area contributed by atoms with Crippen LogP contribution in [0.1, 0.15) is 6.92 Å². The van der Waals surface area contributed by atoms with Crippen molar-refractivity contribution in [1.82, 2.24) is 5.32 Å². The first kappa shape index (κ1) is 14.2. The first-order valence-corrected chi connectivity index (χ1v) is 6.23. The van der Waals surface area contributed by atoms with E-state index in [1.165, 1.54) is 13.0 Å². The van der Waals surface area contributed by atoms with Crippen LogP contribution in [0.5, 0.6) is 0 Å². The summed E-state index contributed by atoms with van der Waals surface area (Å²) in [5.74, 6) is -0.219. The second-order valence-electron chi connectivity index (χ2n) is 2.91. The zero-order chi connectivity index (χ0) is 11.9. The molecule has 0 aromatic carbocycles. The number of hydrogen-bond acceptors (Lipinski definition) is 4. The van der Waals surface area contributed by atoms with Crippen molar-refractivity contribution in [2.75, 3.05) is 0 Å². The molecule has 1 rings (SSSR count). The average molecular weight is 278 g/mol. The summed E-state index contributed by atoms with van der Waals surface area (Å²) in [6.45, 7) is 1.38. The van der Waals surface area contributed by atoms with E-state index in [-0.39, 0.29) is 5.91 Å². The molecule has 0 aromatic rings. The van der Waals surface area contributed by atoms with E-state index in [4.69, 9.17) is 13.6 Å². The molecular weight excluding hydrogens is 263 g/mol. The molecule has 15 heavy (non-hydrogen) atoms. The summed E-state index contributed by atoms with van der Waals surface area (Å²) in [7, 11) is 0. The third-order valence-corrected chi connectivity index (χ3v) is 1.63. The molecule has 5 N–H and O–H groups in total. The molecule has 3 unspecified atom stereocenters. The molecule has 0 saturated carbocycles. The minimum absolute atomic E-state index is 0.219. The van der Waals surface area contributed by atoms with Gasteiger partial charge in [-0.25, -0.2) is 0 Å². The predicted octanol–water partition coefficient (Wildman–Crippen LogP) is -2.33. The zero-order valence-electron chi connectivity index (χ0n) is 8.25. The van der Waals surface area contributed by atoms with Crippen molar-refractivity contribution in [3.05, 3.63) is 24.3 Å². The van der Waals surface area contributed by atoms with Gasteiger partial charge in [0, 0.05) is 6.92 Å². The van der Waals surface area contributed by atoms with E-state index in [2.05, 4.69) is 5.32 Å². The van der Waals surface area contributed by atoms with Gasteiger partial charge in [0.2, 0.25) is 5.91 Å². The first-order chi connectivity index (χ1) is 6.94. The molecule has 1 amide bonds. The molecule has 0 radical (unpaired) electrons. The van der Waals surface area contributed by atoms with E-state index in [1.54, 1.807) is 18.2 Å². The number of carbonyl (C=O) groups excluding carboxylic acids is 1. The van der Waals surface area contributed by atoms with Gasteiger partial charge in [-0.1, -0.05) is 18.2 Å². The molecule has 6 nitrogen and oxygen atoms in total. The molecule has 86 valence electrons. The molecule has 1 aliphatic carbocycles. The van der Waals surface area contributed by atoms with Crippen LogP contribution in [-0.4, -0.2) is 42.9 Å². The van der Waals surface area contributed by atoms with Gasteiger partial charge in [-0.3, -0.25) is 10.5 Å². The van der Waals surface area contributed by atoms with Crippen LogP contribution in [0.3, 0.4) is 0 Å². The Kier molecular flexibility index (Phi) is 6.27. The van der Waals surface area contributed by atoms with Crippen molar-refractivity contribution in [3.8, 4) is 0 Å². The van der Waals surface area contributed by atoms with Crippen molar-refractivity contribution >= 4 is 21.9 Å². The van der Waals surface area contributed by atoms with Crippen LogP contribution < -0.4 is 11.1 Å². The maximum atomic E-state index is 10.7. The standard InChI is InChI=1S/C8H12N2O2.AsH3O2/c1-6(11)10-7-4-2-3-5-8(7,9)12;2-1-3/h2-5,7,12H,9H2,1H3,(H,10,11);1H2,(H,2,3). The molecule has 1 aliphatic rings. The fourth-order valence-corrected chi connectivity index (χ4v) is 1.03. The summed E-state index contributed by atoms with van der Waals surface area (Å²) in [5.41, 5.74) is 4.00. The zero-order valence-corrected chi connectivity index (χ0v) is 10.7. The quantitative estimate of drug-likeness (QED) is 0.317. The molecule has 0 saturated heterocycles. The van der Waals surface area contributed by atoms with E-state index >= 15 is 0 Å². The van der Waals surface area contributed by atoms with Crippen molar-refractivity contribution in [2.24, 2.45) is 5.73 Å². The molecule has 0 aromatic heterocycles. The van der Waals surface area contributed by atoms with E-state index in [1.807, 2.05) is 0 Å². The van der Waals surface area contributed by atoms with Crippen LogP contribution in [-0.2, 0) is 8.53 Å². The van der Waals surface area contributed by atoms with Crippen molar-refractivity contribution in [2.45, 2.75) is 18.7 Å². The van der Waals surface area contributed by atoms with Crippen molar-refractivity contribution in [3.63, 3.8) is 0 Å². The second-order valence-corrected chi connectivity index (χ2v) is 3.36. The number of allylic oxidation sites excluding steroid dienone is 2. The monoisotopic (exact) mass is 278 g/mol. The molecule has 0 heterocycles. The predicted molar refractivity (Wildman–Crippen MR) is 56.5 cm³/mol. The second kappa shape index (κ2) is 6.63. The SMILES string of the molecule is CC(=O)NC1C=CC=CC1(N)O.O=[AsH2]O. The van der Waals surface area contributed by atoms with E-state index in [0.29, 0.717) is 0 Å². The number of aliphatic hydroxyl groups is 1. The summed E-state index contributed by atoms with van der Waals surface area (Å²) in [6.07, 6.45) is 6.44. The molecule has 7 heteroatoms. The Labute approximate surface area is 94.1 Å². The van der Waals surface area contributed by atoms with Gasteiger partial charge < -0.3 is 10.4 Å². The Balaban J connectivity index is 0.000000583. The van der Waals surface area contributed by atoms with E-state index in [9.17, 15) is 9.90 Å². The van der Waals surface area contributed by atoms with Gasteiger partial charge in [-0.2, -0.15) is 0 Å². The van der Waals surface area contributed by atoms with Gasteiger partial charge in [0.25, 0.3) is 0 Å². The van der Waals surface area contributed by atoms with Gasteiger partial charge in [0.05, 0.1) is 6.04 Å². The Morgan fingerprint density at radius 3 is 2.53 bits per heavy atom. The Morgan fingerprint density at radius 1 is 1.60 bits per heavy atom. The average Bonchev–Trinajstić information content (AvgIpc) is 2.09. The fourth-order valence-electron chi connectivity index (χ4n) is 1.03. The Morgan fingerprint density at radius 2 is 2.13 bits per heavy atom. The summed E-state index contributed by atoms with van der Waals surface area (Å²) in [6, 6.07) is -0.542. The molecule has 3 atom stereocenters. The number of rotatable bonds is 1. The molecule has 0 aliphatic heterocycles. The van der Waals surface area contributed by atoms with Crippen LogP contribution in [0.4, 0.5) is 0 Å².